The SMILES string of the molecule is CCOCCN1/C(=C/C=C2\CCC(C)=C2O/N=C(\C)c2ccccc2)C(C)(C)c2cc(C)ccc21. The molecule has 1 heterocycles. The summed E-state index contributed by atoms with van der Waals surface area (Å²) in [6.45, 7) is 15.2. The highest BCUT2D eigenvalue weighted by atomic mass is 16.6. The number of allylic oxidation sites excluding steroid dienone is 5. The summed E-state index contributed by atoms with van der Waals surface area (Å²) in [7, 11) is 0. The summed E-state index contributed by atoms with van der Waals surface area (Å²) < 4.78 is 5.72. The van der Waals surface area contributed by atoms with E-state index in [-0.39, 0.29) is 5.41 Å². The number of rotatable bonds is 8. The van der Waals surface area contributed by atoms with Crippen molar-refractivity contribution in [1.82, 2.24) is 0 Å². The minimum Gasteiger partial charge on any atom is -0.380 e. The standard InChI is InChI=1S/C31H38N2O2/c1-7-34-20-19-33-28-17-13-22(2)21-27(28)31(5,6)29(33)18-16-26-15-14-23(3)30(26)35-32-24(4)25-11-9-8-10-12-25/h8-13,16-18,21H,7,14-15,19-20H2,1-6H3/b26-16+,29-18+,32-24+. The topological polar surface area (TPSA) is 34.1 Å². The summed E-state index contributed by atoms with van der Waals surface area (Å²) in [5.41, 5.74) is 9.53. The van der Waals surface area contributed by atoms with Gasteiger partial charge in [0.25, 0.3) is 0 Å². The van der Waals surface area contributed by atoms with Gasteiger partial charge in [0.2, 0.25) is 0 Å². The fraction of sp³-hybridized carbons (Fsp3) is 0.387. The highest BCUT2D eigenvalue weighted by molar-refractivity contribution is 5.98. The van der Waals surface area contributed by atoms with Crippen LogP contribution in [0.1, 0.15) is 64.2 Å². The molecule has 1 aliphatic heterocycles. The quantitative estimate of drug-likeness (QED) is 0.228. The van der Waals surface area contributed by atoms with E-state index in [1.807, 2.05) is 32.0 Å². The van der Waals surface area contributed by atoms with Gasteiger partial charge in [0.05, 0.1) is 12.3 Å². The molecule has 2 aromatic carbocycles. The number of benzene rings is 2. The summed E-state index contributed by atoms with van der Waals surface area (Å²) in [5.74, 6) is 0.905. The second kappa shape index (κ2) is 10.7. The average Bonchev–Trinajstić information content (AvgIpc) is 3.30. The molecule has 0 aromatic heterocycles. The lowest BCUT2D eigenvalue weighted by Crippen LogP contribution is -2.29. The molecule has 1 aliphatic carbocycles. The van der Waals surface area contributed by atoms with Crippen LogP contribution in [0.4, 0.5) is 5.69 Å². The predicted molar refractivity (Wildman–Crippen MR) is 146 cm³/mol. The Morgan fingerprint density at radius 1 is 1.06 bits per heavy atom. The smallest absolute Gasteiger partial charge is 0.160 e. The van der Waals surface area contributed by atoms with Crippen LogP contribution < -0.4 is 4.90 Å². The Morgan fingerprint density at radius 2 is 1.83 bits per heavy atom. The van der Waals surface area contributed by atoms with Gasteiger partial charge in [-0.25, -0.2) is 0 Å². The molecule has 0 saturated heterocycles. The number of hydrogen-bond acceptors (Lipinski definition) is 4. The van der Waals surface area contributed by atoms with E-state index in [1.165, 1.54) is 33.7 Å². The number of anilines is 1. The van der Waals surface area contributed by atoms with Crippen molar-refractivity contribution in [3.8, 4) is 0 Å². The number of oxime groups is 1. The van der Waals surface area contributed by atoms with Gasteiger partial charge < -0.3 is 14.5 Å². The number of aryl methyl sites for hydroxylation is 1. The van der Waals surface area contributed by atoms with E-state index in [4.69, 9.17) is 9.57 Å². The van der Waals surface area contributed by atoms with Gasteiger partial charge in [0, 0.05) is 30.0 Å². The molecule has 0 bridgehead atoms. The maximum Gasteiger partial charge on any atom is 0.160 e. The molecule has 0 radical (unpaired) electrons. The zero-order chi connectivity index (χ0) is 25.0. The third-order valence-electron chi connectivity index (χ3n) is 7.07. The summed E-state index contributed by atoms with van der Waals surface area (Å²) in [5, 5.41) is 4.46. The van der Waals surface area contributed by atoms with E-state index >= 15 is 0 Å². The third kappa shape index (κ3) is 5.28. The van der Waals surface area contributed by atoms with Crippen LogP contribution >= 0.6 is 0 Å². The van der Waals surface area contributed by atoms with Crippen LogP contribution in [0.3, 0.4) is 0 Å². The van der Waals surface area contributed by atoms with E-state index in [2.05, 4.69) is 80.2 Å². The fourth-order valence-corrected chi connectivity index (χ4v) is 4.97. The molecule has 0 spiro atoms. The second-order valence-electron chi connectivity index (χ2n) is 9.98. The van der Waals surface area contributed by atoms with Crippen molar-refractivity contribution in [3.63, 3.8) is 0 Å². The van der Waals surface area contributed by atoms with Crippen molar-refractivity contribution in [1.29, 1.82) is 0 Å². The lowest BCUT2D eigenvalue weighted by Gasteiger charge is -2.27. The van der Waals surface area contributed by atoms with Crippen molar-refractivity contribution in [3.05, 3.63) is 100.0 Å². The molecule has 0 N–H and O–H groups in total. The van der Waals surface area contributed by atoms with Crippen LogP contribution in [0.5, 0.6) is 0 Å². The Morgan fingerprint density at radius 3 is 2.57 bits per heavy atom. The van der Waals surface area contributed by atoms with E-state index in [0.29, 0.717) is 6.61 Å². The van der Waals surface area contributed by atoms with Crippen LogP contribution in [0.2, 0.25) is 0 Å². The summed E-state index contributed by atoms with van der Waals surface area (Å²) in [6, 6.07) is 16.9. The molecule has 4 heteroatoms. The van der Waals surface area contributed by atoms with Crippen LogP contribution in [0, 0.1) is 6.92 Å². The zero-order valence-electron chi connectivity index (χ0n) is 22.0. The zero-order valence-corrected chi connectivity index (χ0v) is 22.0. The van der Waals surface area contributed by atoms with Crippen molar-refractivity contribution < 1.29 is 9.57 Å². The average molecular weight is 471 g/mol. The molecule has 4 nitrogen and oxygen atoms in total. The van der Waals surface area contributed by atoms with E-state index < -0.39 is 0 Å². The maximum atomic E-state index is 6.03. The molecule has 35 heavy (non-hydrogen) atoms. The van der Waals surface area contributed by atoms with Crippen molar-refractivity contribution in [2.24, 2.45) is 5.16 Å². The molecule has 0 atom stereocenters. The van der Waals surface area contributed by atoms with E-state index in [9.17, 15) is 0 Å². The first-order valence-corrected chi connectivity index (χ1v) is 12.7. The molecule has 0 amide bonds. The first-order valence-electron chi connectivity index (χ1n) is 12.7. The van der Waals surface area contributed by atoms with Gasteiger partial charge in [-0.15, -0.1) is 0 Å². The lowest BCUT2D eigenvalue weighted by molar-refractivity contribution is 0.154. The normalized spacial score (nSPS) is 19.7. The Balaban J connectivity index is 1.63. The van der Waals surface area contributed by atoms with Gasteiger partial charge in [0.1, 0.15) is 0 Å². The minimum atomic E-state index is -0.0922. The monoisotopic (exact) mass is 470 g/mol. The molecular formula is C31H38N2O2. The van der Waals surface area contributed by atoms with Gasteiger partial charge >= 0.3 is 0 Å². The highest BCUT2D eigenvalue weighted by Crippen LogP contribution is 2.48. The number of fused-ring (bicyclic) bond motifs is 1. The minimum absolute atomic E-state index is 0.0922. The Kier molecular flexibility index (Phi) is 7.61. The maximum absolute atomic E-state index is 6.03. The van der Waals surface area contributed by atoms with Crippen molar-refractivity contribution in [2.75, 3.05) is 24.7 Å². The molecule has 2 aromatic rings. The molecule has 4 rings (SSSR count). The summed E-state index contributed by atoms with van der Waals surface area (Å²) in [6.07, 6.45) is 6.49. The molecule has 2 aliphatic rings. The van der Waals surface area contributed by atoms with Gasteiger partial charge in [-0.1, -0.05) is 73.1 Å². The highest BCUT2D eigenvalue weighted by Gasteiger charge is 2.39. The number of nitrogens with zero attached hydrogens (tertiary/aromatic N) is 2. The first kappa shape index (κ1) is 25.0. The Hall–Kier alpha value is -3.11. The van der Waals surface area contributed by atoms with Gasteiger partial charge in [-0.2, -0.15) is 0 Å². The number of hydrogen-bond donors (Lipinski definition) is 0. The summed E-state index contributed by atoms with van der Waals surface area (Å²) >= 11 is 0. The van der Waals surface area contributed by atoms with Gasteiger partial charge in [-0.05, 0) is 75.0 Å². The number of ether oxygens (including phenoxy) is 1. The van der Waals surface area contributed by atoms with Crippen molar-refractivity contribution >= 4 is 11.4 Å². The van der Waals surface area contributed by atoms with E-state index in [0.717, 1.165) is 43.0 Å². The Labute approximate surface area is 210 Å². The van der Waals surface area contributed by atoms with Crippen LogP contribution in [0.15, 0.2) is 88.4 Å². The predicted octanol–water partition coefficient (Wildman–Crippen LogP) is 7.45. The van der Waals surface area contributed by atoms with Crippen LogP contribution in [0.25, 0.3) is 0 Å². The molecule has 0 saturated carbocycles. The van der Waals surface area contributed by atoms with Gasteiger partial charge in [0.15, 0.2) is 5.76 Å². The second-order valence-corrected chi connectivity index (χ2v) is 9.98. The molecule has 0 fully saturated rings. The van der Waals surface area contributed by atoms with E-state index in [1.54, 1.807) is 0 Å². The lowest BCUT2D eigenvalue weighted by atomic mass is 9.83. The van der Waals surface area contributed by atoms with Gasteiger partial charge in [-0.3, -0.25) is 0 Å². The summed E-state index contributed by atoms with van der Waals surface area (Å²) in [4.78, 5) is 8.45. The molecule has 0 unspecified atom stereocenters. The molecule has 184 valence electrons. The Bertz CT molecular complexity index is 1190. The first-order chi connectivity index (χ1) is 16.8. The molecular weight excluding hydrogens is 432 g/mol. The third-order valence-corrected chi connectivity index (χ3v) is 7.07. The van der Waals surface area contributed by atoms with Crippen LogP contribution in [-0.4, -0.2) is 25.5 Å². The van der Waals surface area contributed by atoms with Crippen LogP contribution in [-0.2, 0) is 15.0 Å². The van der Waals surface area contributed by atoms with Crippen molar-refractivity contribution in [2.45, 2.75) is 59.8 Å². The fourth-order valence-electron chi connectivity index (χ4n) is 4.97. The largest absolute Gasteiger partial charge is 0.380 e.